The molecule has 1 aromatic carbocycles. The van der Waals surface area contributed by atoms with Crippen molar-refractivity contribution < 1.29 is 17.9 Å². The molecule has 0 heterocycles. The largest absolute Gasteiger partial charge is 0.462 e. The molecule has 6 heteroatoms. The van der Waals surface area contributed by atoms with E-state index in [0.29, 0.717) is 12.5 Å². The first-order valence-corrected chi connectivity index (χ1v) is 8.49. The van der Waals surface area contributed by atoms with Gasteiger partial charge >= 0.3 is 5.97 Å². The van der Waals surface area contributed by atoms with Crippen molar-refractivity contribution in [2.75, 3.05) is 6.61 Å². The number of ether oxygens (including phenoxy) is 1. The topological polar surface area (TPSA) is 60.4 Å². The summed E-state index contributed by atoms with van der Waals surface area (Å²) in [5.74, 6) is -0.0713. The Kier molecular flexibility index (Phi) is 4.47. The van der Waals surface area contributed by atoms with Crippen molar-refractivity contribution in [3.63, 3.8) is 0 Å². The number of halogens is 1. The minimum absolute atomic E-state index is 0.0931. The molecule has 0 N–H and O–H groups in total. The van der Waals surface area contributed by atoms with E-state index in [4.69, 9.17) is 15.4 Å². The van der Waals surface area contributed by atoms with Crippen molar-refractivity contribution in [3.8, 4) is 0 Å². The van der Waals surface area contributed by atoms with Crippen LogP contribution < -0.4 is 0 Å². The molecule has 0 bridgehead atoms. The second kappa shape index (κ2) is 5.92. The first-order valence-electron chi connectivity index (χ1n) is 6.18. The van der Waals surface area contributed by atoms with Gasteiger partial charge in [0, 0.05) is 10.7 Å². The van der Waals surface area contributed by atoms with Crippen LogP contribution in [-0.2, 0) is 13.8 Å². The molecule has 0 unspecified atom stereocenters. The van der Waals surface area contributed by atoms with E-state index in [1.54, 1.807) is 0 Å². The maximum atomic E-state index is 11.8. The highest BCUT2D eigenvalue weighted by atomic mass is 35.7. The lowest BCUT2D eigenvalue weighted by Gasteiger charge is -2.10. The average Bonchev–Trinajstić information content (AvgIpc) is 2.88. The highest BCUT2D eigenvalue weighted by Crippen LogP contribution is 2.25. The van der Waals surface area contributed by atoms with E-state index in [1.807, 2.05) is 0 Å². The number of hydrogen-bond donors (Lipinski definition) is 0. The van der Waals surface area contributed by atoms with E-state index >= 15 is 0 Å². The normalized spacial score (nSPS) is 16.5. The summed E-state index contributed by atoms with van der Waals surface area (Å²) in [6, 6.07) is 5.57. The lowest BCUT2D eigenvalue weighted by atomic mass is 10.1. The summed E-state index contributed by atoms with van der Waals surface area (Å²) < 4.78 is 27.6. The van der Waals surface area contributed by atoms with Crippen LogP contribution in [-0.4, -0.2) is 21.0 Å². The van der Waals surface area contributed by atoms with Gasteiger partial charge in [0.1, 0.15) is 0 Å². The molecular formula is C13H15ClO4S. The monoisotopic (exact) mass is 302 g/mol. The van der Waals surface area contributed by atoms with E-state index in [0.717, 1.165) is 12.8 Å². The van der Waals surface area contributed by atoms with Crippen LogP contribution in [0.25, 0.3) is 0 Å². The van der Waals surface area contributed by atoms with Crippen LogP contribution in [0, 0.1) is 5.92 Å². The van der Waals surface area contributed by atoms with Gasteiger partial charge in [-0.05, 0) is 37.0 Å². The summed E-state index contributed by atoms with van der Waals surface area (Å²) >= 11 is 0. The van der Waals surface area contributed by atoms with Gasteiger partial charge in [0.15, 0.2) is 0 Å². The second-order valence-corrected chi connectivity index (χ2v) is 7.28. The fourth-order valence-corrected chi connectivity index (χ4v) is 3.03. The van der Waals surface area contributed by atoms with Gasteiger partial charge in [-0.1, -0.05) is 18.9 Å². The van der Waals surface area contributed by atoms with Gasteiger partial charge in [0.2, 0.25) is 0 Å². The maximum absolute atomic E-state index is 11.8. The summed E-state index contributed by atoms with van der Waals surface area (Å²) in [5.41, 5.74) is 0.208. The number of benzene rings is 1. The van der Waals surface area contributed by atoms with E-state index < -0.39 is 15.0 Å². The van der Waals surface area contributed by atoms with Crippen LogP contribution in [0.2, 0.25) is 0 Å². The quantitative estimate of drug-likeness (QED) is 0.634. The molecule has 4 nitrogen and oxygen atoms in total. The summed E-state index contributed by atoms with van der Waals surface area (Å²) in [5, 5.41) is 0. The summed E-state index contributed by atoms with van der Waals surface area (Å²) in [6.45, 7) is 0.399. The second-order valence-electron chi connectivity index (χ2n) is 4.71. The molecule has 1 saturated carbocycles. The van der Waals surface area contributed by atoms with Gasteiger partial charge in [-0.15, -0.1) is 0 Å². The number of esters is 1. The molecule has 0 aromatic heterocycles. The Bertz CT molecular complexity index is 562. The van der Waals surface area contributed by atoms with Gasteiger partial charge < -0.3 is 4.74 Å². The van der Waals surface area contributed by atoms with Crippen molar-refractivity contribution in [2.45, 2.75) is 30.6 Å². The third-order valence-electron chi connectivity index (χ3n) is 3.28. The van der Waals surface area contributed by atoms with Crippen LogP contribution >= 0.6 is 10.7 Å². The Morgan fingerprint density at radius 2 is 2.00 bits per heavy atom. The third-order valence-corrected chi connectivity index (χ3v) is 4.63. The van der Waals surface area contributed by atoms with Crippen molar-refractivity contribution in [3.05, 3.63) is 29.8 Å². The highest BCUT2D eigenvalue weighted by molar-refractivity contribution is 8.13. The van der Waals surface area contributed by atoms with E-state index in [-0.39, 0.29) is 10.5 Å². The highest BCUT2D eigenvalue weighted by Gasteiger charge is 2.18. The minimum atomic E-state index is -3.82. The predicted molar refractivity (Wildman–Crippen MR) is 71.7 cm³/mol. The lowest BCUT2D eigenvalue weighted by molar-refractivity contribution is 0.0442. The standard InChI is InChI=1S/C13H15ClO4S/c14-19(16,17)12-7-3-6-11(8-12)13(15)18-9-10-4-1-2-5-10/h3,6-8,10H,1-2,4-5,9H2. The molecular weight excluding hydrogens is 288 g/mol. The first kappa shape index (κ1) is 14.3. The average molecular weight is 303 g/mol. The molecule has 1 aliphatic carbocycles. The Morgan fingerprint density at radius 1 is 1.32 bits per heavy atom. The predicted octanol–water partition coefficient (Wildman–Crippen LogP) is 2.96. The molecule has 0 atom stereocenters. The van der Waals surface area contributed by atoms with Crippen LogP contribution in [0.3, 0.4) is 0 Å². The fraction of sp³-hybridized carbons (Fsp3) is 0.462. The SMILES string of the molecule is O=C(OCC1CCCC1)c1cccc(S(=O)(=O)Cl)c1. The van der Waals surface area contributed by atoms with E-state index in [9.17, 15) is 13.2 Å². The molecule has 0 saturated heterocycles. The van der Waals surface area contributed by atoms with Gasteiger partial charge in [-0.2, -0.15) is 0 Å². The number of hydrogen-bond acceptors (Lipinski definition) is 4. The van der Waals surface area contributed by atoms with Crippen molar-refractivity contribution in [1.82, 2.24) is 0 Å². The van der Waals surface area contributed by atoms with Crippen molar-refractivity contribution in [1.29, 1.82) is 0 Å². The smallest absolute Gasteiger partial charge is 0.338 e. The van der Waals surface area contributed by atoms with Crippen LogP contribution in [0.4, 0.5) is 0 Å². The van der Waals surface area contributed by atoms with Crippen LogP contribution in [0.15, 0.2) is 29.2 Å². The van der Waals surface area contributed by atoms with Gasteiger partial charge in [0.25, 0.3) is 9.05 Å². The molecule has 0 aliphatic heterocycles. The zero-order valence-corrected chi connectivity index (χ0v) is 11.9. The Balaban J connectivity index is 2.02. The van der Waals surface area contributed by atoms with Gasteiger partial charge in [-0.25, -0.2) is 13.2 Å². The Morgan fingerprint density at radius 3 is 2.63 bits per heavy atom. The molecule has 0 spiro atoms. The number of carbonyl (C=O) groups is 1. The number of rotatable bonds is 4. The first-order chi connectivity index (χ1) is 8.97. The van der Waals surface area contributed by atoms with Crippen molar-refractivity contribution in [2.24, 2.45) is 5.92 Å². The molecule has 0 radical (unpaired) electrons. The summed E-state index contributed by atoms with van der Waals surface area (Å²) in [6.07, 6.45) is 4.54. The number of carbonyl (C=O) groups excluding carboxylic acids is 1. The summed E-state index contributed by atoms with van der Waals surface area (Å²) in [7, 11) is 1.41. The minimum Gasteiger partial charge on any atom is -0.462 e. The molecule has 19 heavy (non-hydrogen) atoms. The maximum Gasteiger partial charge on any atom is 0.338 e. The lowest BCUT2D eigenvalue weighted by Crippen LogP contribution is -2.12. The summed E-state index contributed by atoms with van der Waals surface area (Å²) in [4.78, 5) is 11.7. The zero-order valence-electron chi connectivity index (χ0n) is 10.3. The molecule has 1 fully saturated rings. The van der Waals surface area contributed by atoms with Crippen molar-refractivity contribution >= 4 is 25.7 Å². The molecule has 2 rings (SSSR count). The molecule has 1 aliphatic rings. The van der Waals surface area contributed by atoms with E-state index in [1.165, 1.54) is 37.1 Å². The van der Waals surface area contributed by atoms with Gasteiger partial charge in [0.05, 0.1) is 17.1 Å². The molecule has 0 amide bonds. The Hall–Kier alpha value is -1.07. The zero-order chi connectivity index (χ0) is 13.9. The molecule has 1 aromatic rings. The van der Waals surface area contributed by atoms with Gasteiger partial charge in [-0.3, -0.25) is 0 Å². The third kappa shape index (κ3) is 3.94. The fourth-order valence-electron chi connectivity index (χ4n) is 2.23. The van der Waals surface area contributed by atoms with Crippen LogP contribution in [0.5, 0.6) is 0 Å². The molecule has 104 valence electrons. The van der Waals surface area contributed by atoms with E-state index in [2.05, 4.69) is 0 Å². The Labute approximate surface area is 117 Å². The van der Waals surface area contributed by atoms with Crippen LogP contribution in [0.1, 0.15) is 36.0 Å².